The molecule has 1 heterocycles. The Morgan fingerprint density at radius 1 is 1.77 bits per heavy atom. The number of allylic oxidation sites excluding steroid dienone is 1. The van der Waals surface area contributed by atoms with Gasteiger partial charge in [-0.3, -0.25) is 4.79 Å². The van der Waals surface area contributed by atoms with E-state index in [1.54, 1.807) is 0 Å². The van der Waals surface area contributed by atoms with Crippen LogP contribution in [0.2, 0.25) is 0 Å². The van der Waals surface area contributed by atoms with Crippen LogP contribution in [0.15, 0.2) is 12.1 Å². The molecule has 1 rings (SSSR count). The van der Waals surface area contributed by atoms with Crippen LogP contribution < -0.4 is 0 Å². The third-order valence-electron chi connectivity index (χ3n) is 1.27. The molecule has 0 saturated heterocycles. The second kappa shape index (κ2) is 3.61. The van der Waals surface area contributed by atoms with Crippen LogP contribution in [0.3, 0.4) is 0 Å². The molecule has 0 aliphatic rings. The molecule has 1 N–H and O–H groups in total. The number of ketones is 1. The molecule has 13 heavy (non-hydrogen) atoms. The molecule has 0 radical (unpaired) electrons. The lowest BCUT2D eigenvalue weighted by Gasteiger charge is -1.83. The first-order valence-corrected chi connectivity index (χ1v) is 3.48. The number of aromatic amines is 1. The monoisotopic (exact) mass is 181 g/mol. The standard InChI is InChI=1S/C7H7N3O3/c1-5(11)2-3-6-4-7(9-8-6)10(12)13/h2-4H,1H3,(H,8,9)/b3-2+. The molecule has 0 aliphatic heterocycles. The van der Waals surface area contributed by atoms with Crippen molar-refractivity contribution in [3.05, 3.63) is 28.0 Å². The summed E-state index contributed by atoms with van der Waals surface area (Å²) in [4.78, 5) is 20.1. The normalized spacial score (nSPS) is 10.5. The largest absolute Gasteiger partial charge is 0.358 e. The van der Waals surface area contributed by atoms with Gasteiger partial charge in [0.2, 0.25) is 0 Å². The number of hydrogen-bond donors (Lipinski definition) is 1. The number of rotatable bonds is 3. The quantitative estimate of drug-likeness (QED) is 0.426. The van der Waals surface area contributed by atoms with Crippen LogP contribution in [-0.4, -0.2) is 20.9 Å². The molecule has 0 saturated carbocycles. The number of nitrogens with zero attached hydrogens (tertiary/aromatic N) is 2. The van der Waals surface area contributed by atoms with Gasteiger partial charge in [-0.2, -0.15) is 0 Å². The smallest absolute Gasteiger partial charge is 0.343 e. The molecule has 0 aliphatic carbocycles. The zero-order valence-corrected chi connectivity index (χ0v) is 6.85. The highest BCUT2D eigenvalue weighted by atomic mass is 16.6. The van der Waals surface area contributed by atoms with Gasteiger partial charge in [0.25, 0.3) is 0 Å². The second-order valence-electron chi connectivity index (χ2n) is 2.38. The molecule has 6 nitrogen and oxygen atoms in total. The number of carbonyl (C=O) groups excluding carboxylic acids is 1. The van der Waals surface area contributed by atoms with Crippen molar-refractivity contribution >= 4 is 17.7 Å². The first kappa shape index (κ1) is 9.11. The molecule has 0 fully saturated rings. The topological polar surface area (TPSA) is 88.9 Å². The second-order valence-corrected chi connectivity index (χ2v) is 2.38. The lowest BCUT2D eigenvalue weighted by molar-refractivity contribution is -0.389. The first-order valence-electron chi connectivity index (χ1n) is 3.48. The molecule has 0 unspecified atom stereocenters. The van der Waals surface area contributed by atoms with E-state index >= 15 is 0 Å². The Morgan fingerprint density at radius 3 is 2.92 bits per heavy atom. The van der Waals surface area contributed by atoms with Crippen molar-refractivity contribution in [1.29, 1.82) is 0 Å². The number of aromatic nitrogens is 2. The summed E-state index contributed by atoms with van der Waals surface area (Å²) in [7, 11) is 0. The summed E-state index contributed by atoms with van der Waals surface area (Å²) >= 11 is 0. The van der Waals surface area contributed by atoms with Crippen molar-refractivity contribution in [3.63, 3.8) is 0 Å². The van der Waals surface area contributed by atoms with E-state index in [1.165, 1.54) is 25.1 Å². The third kappa shape index (κ3) is 2.51. The minimum absolute atomic E-state index is 0.134. The van der Waals surface area contributed by atoms with E-state index < -0.39 is 4.92 Å². The molecule has 0 atom stereocenters. The molecule has 6 heteroatoms. The summed E-state index contributed by atoms with van der Waals surface area (Å²) in [6.45, 7) is 1.39. The molecule has 0 aromatic carbocycles. The van der Waals surface area contributed by atoms with Gasteiger partial charge in [-0.25, -0.2) is 0 Å². The van der Waals surface area contributed by atoms with Gasteiger partial charge in [0.05, 0.1) is 6.07 Å². The lowest BCUT2D eigenvalue weighted by Crippen LogP contribution is -1.86. The summed E-state index contributed by atoms with van der Waals surface area (Å²) in [5, 5.41) is 16.0. The number of nitro groups is 1. The number of hydrogen-bond acceptors (Lipinski definition) is 4. The van der Waals surface area contributed by atoms with Crippen molar-refractivity contribution in [3.8, 4) is 0 Å². The number of nitrogens with one attached hydrogen (secondary N) is 1. The Bertz CT molecular complexity index is 367. The van der Waals surface area contributed by atoms with E-state index in [2.05, 4.69) is 10.2 Å². The highest BCUT2D eigenvalue weighted by molar-refractivity contribution is 5.91. The molecule has 0 amide bonds. The van der Waals surface area contributed by atoms with Crippen LogP contribution in [0.25, 0.3) is 6.08 Å². The van der Waals surface area contributed by atoms with Crippen molar-refractivity contribution in [2.45, 2.75) is 6.92 Å². The van der Waals surface area contributed by atoms with Crippen LogP contribution in [0, 0.1) is 10.1 Å². The van der Waals surface area contributed by atoms with Crippen LogP contribution in [0.4, 0.5) is 5.82 Å². The van der Waals surface area contributed by atoms with Gasteiger partial charge in [0.15, 0.2) is 5.78 Å². The van der Waals surface area contributed by atoms with E-state index in [4.69, 9.17) is 0 Å². The van der Waals surface area contributed by atoms with Crippen molar-refractivity contribution in [1.82, 2.24) is 10.2 Å². The van der Waals surface area contributed by atoms with E-state index in [9.17, 15) is 14.9 Å². The van der Waals surface area contributed by atoms with Gasteiger partial charge in [-0.05, 0) is 24.0 Å². The highest BCUT2D eigenvalue weighted by Gasteiger charge is 2.06. The van der Waals surface area contributed by atoms with Crippen LogP contribution in [0.5, 0.6) is 0 Å². The Balaban J connectivity index is 2.80. The minimum atomic E-state index is -0.585. The van der Waals surface area contributed by atoms with Crippen molar-refractivity contribution in [2.24, 2.45) is 0 Å². The number of H-pyrrole nitrogens is 1. The van der Waals surface area contributed by atoms with Gasteiger partial charge < -0.3 is 10.1 Å². The third-order valence-corrected chi connectivity index (χ3v) is 1.27. The summed E-state index contributed by atoms with van der Waals surface area (Å²) in [5.74, 6) is -0.325. The van der Waals surface area contributed by atoms with Crippen molar-refractivity contribution < 1.29 is 9.72 Å². The average Bonchev–Trinajstić information content (AvgIpc) is 2.48. The Kier molecular flexibility index (Phi) is 2.53. The van der Waals surface area contributed by atoms with Gasteiger partial charge in [0, 0.05) is 0 Å². The van der Waals surface area contributed by atoms with E-state index in [1.807, 2.05) is 0 Å². The predicted octanol–water partition coefficient (Wildman–Crippen LogP) is 0.920. The summed E-state index contributed by atoms with van der Waals surface area (Å²) in [6, 6.07) is 1.25. The van der Waals surface area contributed by atoms with E-state index in [-0.39, 0.29) is 11.6 Å². The Labute approximate surface area is 73.4 Å². The fraction of sp³-hybridized carbons (Fsp3) is 0.143. The molecule has 0 bridgehead atoms. The van der Waals surface area contributed by atoms with E-state index in [0.29, 0.717) is 5.69 Å². The van der Waals surface area contributed by atoms with Gasteiger partial charge in [-0.1, -0.05) is 5.10 Å². The molecule has 0 spiro atoms. The maximum atomic E-state index is 10.5. The highest BCUT2D eigenvalue weighted by Crippen LogP contribution is 2.08. The fourth-order valence-corrected chi connectivity index (χ4v) is 0.708. The first-order chi connectivity index (χ1) is 6.09. The summed E-state index contributed by atoms with van der Waals surface area (Å²) in [5.41, 5.74) is 0.363. The van der Waals surface area contributed by atoms with Crippen molar-refractivity contribution in [2.75, 3.05) is 0 Å². The predicted molar refractivity (Wildman–Crippen MR) is 45.0 cm³/mol. The zero-order valence-electron chi connectivity index (χ0n) is 6.85. The van der Waals surface area contributed by atoms with Crippen LogP contribution >= 0.6 is 0 Å². The minimum Gasteiger partial charge on any atom is -0.358 e. The lowest BCUT2D eigenvalue weighted by atomic mass is 10.3. The molecular formula is C7H7N3O3. The molecular weight excluding hydrogens is 174 g/mol. The summed E-state index contributed by atoms with van der Waals surface area (Å²) in [6.07, 6.45) is 2.70. The maximum Gasteiger partial charge on any atom is 0.343 e. The zero-order chi connectivity index (χ0) is 9.84. The van der Waals surface area contributed by atoms with Crippen LogP contribution in [-0.2, 0) is 4.79 Å². The SMILES string of the molecule is CC(=O)/C=C/c1cc([N+](=O)[O-])[nH]n1. The Hall–Kier alpha value is -1.98. The van der Waals surface area contributed by atoms with Gasteiger partial charge in [-0.15, -0.1) is 5.10 Å². The molecule has 1 aromatic heterocycles. The summed E-state index contributed by atoms with van der Waals surface area (Å²) < 4.78 is 0. The van der Waals surface area contributed by atoms with Gasteiger partial charge in [0.1, 0.15) is 5.69 Å². The van der Waals surface area contributed by atoms with E-state index in [0.717, 1.165) is 0 Å². The van der Waals surface area contributed by atoms with Gasteiger partial charge >= 0.3 is 5.82 Å². The van der Waals surface area contributed by atoms with Crippen LogP contribution in [0.1, 0.15) is 12.6 Å². The molecule has 1 aromatic rings. The fourth-order valence-electron chi connectivity index (χ4n) is 0.708. The number of carbonyl (C=O) groups is 1. The maximum absolute atomic E-state index is 10.5. The average molecular weight is 181 g/mol. The molecule has 68 valence electrons. The Morgan fingerprint density at radius 2 is 2.46 bits per heavy atom.